The zero-order chi connectivity index (χ0) is 17.2. The van der Waals surface area contributed by atoms with Crippen LogP contribution in [0.2, 0.25) is 0 Å². The molecule has 0 amide bonds. The molecule has 4 aromatic rings. The molecule has 2 aromatic heterocycles. The molecule has 25 heavy (non-hydrogen) atoms. The molecule has 5 heteroatoms. The Kier molecular flexibility index (Phi) is 4.07. The van der Waals surface area contributed by atoms with Gasteiger partial charge in [0.1, 0.15) is 0 Å². The van der Waals surface area contributed by atoms with Crippen LogP contribution >= 0.6 is 11.3 Å². The molecule has 0 spiro atoms. The first-order valence-corrected chi connectivity index (χ1v) is 8.95. The van der Waals surface area contributed by atoms with Crippen molar-refractivity contribution in [2.24, 2.45) is 0 Å². The first kappa shape index (κ1) is 15.6. The molecular weight excluding hydrogens is 328 g/mol. The van der Waals surface area contributed by atoms with Gasteiger partial charge in [0, 0.05) is 34.7 Å². The van der Waals surface area contributed by atoms with Gasteiger partial charge in [-0.15, -0.1) is 11.3 Å². The van der Waals surface area contributed by atoms with E-state index in [1.54, 1.807) is 23.9 Å². The number of imidazole rings is 1. The largest absolute Gasteiger partial charge is 0.332 e. The zero-order valence-corrected chi connectivity index (χ0v) is 14.9. The molecule has 0 bridgehead atoms. The molecule has 4 nitrogen and oxygen atoms in total. The summed E-state index contributed by atoms with van der Waals surface area (Å²) in [4.78, 5) is 8.79. The Bertz CT molecular complexity index is 965. The van der Waals surface area contributed by atoms with Crippen LogP contribution in [0.15, 0.2) is 66.6 Å². The number of aryl methyl sites for hydroxylation is 2. The first-order chi connectivity index (χ1) is 12.2. The molecule has 0 atom stereocenters. The van der Waals surface area contributed by atoms with Gasteiger partial charge in [-0.25, -0.2) is 9.97 Å². The summed E-state index contributed by atoms with van der Waals surface area (Å²) in [6.45, 7) is 4.21. The Hall–Kier alpha value is -2.92. The van der Waals surface area contributed by atoms with Gasteiger partial charge in [0.2, 0.25) is 0 Å². The highest BCUT2D eigenvalue weighted by atomic mass is 32.1. The van der Waals surface area contributed by atoms with E-state index in [9.17, 15) is 0 Å². The van der Waals surface area contributed by atoms with E-state index in [4.69, 9.17) is 4.98 Å². The number of aromatic nitrogens is 3. The number of rotatable bonds is 4. The first-order valence-electron chi connectivity index (χ1n) is 8.07. The van der Waals surface area contributed by atoms with Crippen LogP contribution in [0.4, 0.5) is 10.8 Å². The highest BCUT2D eigenvalue weighted by molar-refractivity contribution is 7.14. The van der Waals surface area contributed by atoms with Crippen molar-refractivity contribution in [1.82, 2.24) is 14.5 Å². The fourth-order valence-electron chi connectivity index (χ4n) is 2.85. The van der Waals surface area contributed by atoms with Crippen LogP contribution in [0.5, 0.6) is 0 Å². The molecule has 0 radical (unpaired) electrons. The molecule has 0 fully saturated rings. The summed E-state index contributed by atoms with van der Waals surface area (Å²) in [5.74, 6) is 0. The van der Waals surface area contributed by atoms with Crippen LogP contribution in [0.25, 0.3) is 16.9 Å². The van der Waals surface area contributed by atoms with Crippen molar-refractivity contribution >= 4 is 22.2 Å². The molecule has 2 heterocycles. The van der Waals surface area contributed by atoms with Gasteiger partial charge in [0.15, 0.2) is 5.13 Å². The number of hydrogen-bond donors (Lipinski definition) is 1. The van der Waals surface area contributed by atoms with Crippen LogP contribution in [0.3, 0.4) is 0 Å². The minimum Gasteiger partial charge on any atom is -0.332 e. The van der Waals surface area contributed by atoms with E-state index in [-0.39, 0.29) is 0 Å². The average Bonchev–Trinajstić information content (AvgIpc) is 3.26. The van der Waals surface area contributed by atoms with E-state index in [0.717, 1.165) is 27.8 Å². The highest BCUT2D eigenvalue weighted by Crippen LogP contribution is 2.28. The standard InChI is InChI=1S/C20H18N4S/c1-14-9-15(2)11-17(10-14)22-20-23-19(12-25-20)16-3-5-18(6-4-16)24-8-7-21-13-24/h3-13H,1-2H3,(H,22,23). The highest BCUT2D eigenvalue weighted by Gasteiger charge is 2.06. The van der Waals surface area contributed by atoms with Crippen molar-refractivity contribution in [1.29, 1.82) is 0 Å². The summed E-state index contributed by atoms with van der Waals surface area (Å²) in [5.41, 5.74) is 6.74. The Morgan fingerprint density at radius 3 is 2.44 bits per heavy atom. The lowest BCUT2D eigenvalue weighted by molar-refractivity contribution is 1.06. The quantitative estimate of drug-likeness (QED) is 0.541. The van der Waals surface area contributed by atoms with Gasteiger partial charge in [-0.3, -0.25) is 0 Å². The summed E-state index contributed by atoms with van der Waals surface area (Å²) in [5, 5.41) is 6.39. The van der Waals surface area contributed by atoms with Crippen molar-refractivity contribution in [3.8, 4) is 16.9 Å². The maximum atomic E-state index is 4.72. The molecule has 0 aliphatic heterocycles. The van der Waals surface area contributed by atoms with Crippen LogP contribution in [0.1, 0.15) is 11.1 Å². The Balaban J connectivity index is 1.54. The molecular formula is C20H18N4S. The van der Waals surface area contributed by atoms with Crippen LogP contribution in [0, 0.1) is 13.8 Å². The van der Waals surface area contributed by atoms with Gasteiger partial charge in [0.25, 0.3) is 0 Å². The lowest BCUT2D eigenvalue weighted by Gasteiger charge is -2.05. The lowest BCUT2D eigenvalue weighted by atomic mass is 10.1. The fraction of sp³-hybridized carbons (Fsp3) is 0.100. The fourth-order valence-corrected chi connectivity index (χ4v) is 3.59. The molecule has 1 N–H and O–H groups in total. The predicted molar refractivity (Wildman–Crippen MR) is 104 cm³/mol. The van der Waals surface area contributed by atoms with Crippen molar-refractivity contribution < 1.29 is 0 Å². The zero-order valence-electron chi connectivity index (χ0n) is 14.1. The maximum Gasteiger partial charge on any atom is 0.187 e. The number of nitrogens with zero attached hydrogens (tertiary/aromatic N) is 3. The van der Waals surface area contributed by atoms with Crippen LogP contribution in [-0.4, -0.2) is 14.5 Å². The number of thiazole rings is 1. The van der Waals surface area contributed by atoms with Gasteiger partial charge in [-0.1, -0.05) is 18.2 Å². The summed E-state index contributed by atoms with van der Waals surface area (Å²) in [7, 11) is 0. The Morgan fingerprint density at radius 2 is 1.76 bits per heavy atom. The number of hydrogen-bond acceptors (Lipinski definition) is 4. The minimum absolute atomic E-state index is 0.902. The molecule has 0 saturated heterocycles. The van der Waals surface area contributed by atoms with Gasteiger partial charge < -0.3 is 9.88 Å². The van der Waals surface area contributed by atoms with E-state index in [1.807, 2.05) is 10.8 Å². The van der Waals surface area contributed by atoms with Crippen molar-refractivity contribution in [3.63, 3.8) is 0 Å². The molecule has 4 rings (SSSR count). The number of anilines is 2. The summed E-state index contributed by atoms with van der Waals surface area (Å²) >= 11 is 1.62. The second kappa shape index (κ2) is 6.53. The van der Waals surface area contributed by atoms with Gasteiger partial charge in [-0.05, 0) is 49.2 Å². The smallest absolute Gasteiger partial charge is 0.187 e. The summed E-state index contributed by atoms with van der Waals surface area (Å²) < 4.78 is 1.98. The van der Waals surface area contributed by atoms with Crippen molar-refractivity contribution in [2.45, 2.75) is 13.8 Å². The van der Waals surface area contributed by atoms with E-state index in [0.29, 0.717) is 0 Å². The van der Waals surface area contributed by atoms with Gasteiger partial charge in [0.05, 0.1) is 12.0 Å². The van der Waals surface area contributed by atoms with E-state index < -0.39 is 0 Å². The third kappa shape index (κ3) is 3.46. The molecule has 0 aliphatic rings. The van der Waals surface area contributed by atoms with Crippen LogP contribution < -0.4 is 5.32 Å². The molecule has 0 aliphatic carbocycles. The van der Waals surface area contributed by atoms with E-state index in [2.05, 4.69) is 72.0 Å². The van der Waals surface area contributed by atoms with E-state index in [1.165, 1.54) is 11.1 Å². The SMILES string of the molecule is Cc1cc(C)cc(Nc2nc(-c3ccc(-n4ccnc4)cc3)cs2)c1. The van der Waals surface area contributed by atoms with Crippen molar-refractivity contribution in [2.75, 3.05) is 5.32 Å². The normalized spacial score (nSPS) is 10.8. The van der Waals surface area contributed by atoms with Gasteiger partial charge in [-0.2, -0.15) is 0 Å². The third-order valence-electron chi connectivity index (χ3n) is 3.94. The van der Waals surface area contributed by atoms with Gasteiger partial charge >= 0.3 is 0 Å². The maximum absolute atomic E-state index is 4.72. The second-order valence-corrected chi connectivity index (χ2v) is 6.91. The van der Waals surface area contributed by atoms with Crippen LogP contribution in [-0.2, 0) is 0 Å². The molecule has 0 saturated carbocycles. The van der Waals surface area contributed by atoms with Crippen molar-refractivity contribution in [3.05, 3.63) is 77.7 Å². The average molecular weight is 346 g/mol. The van der Waals surface area contributed by atoms with E-state index >= 15 is 0 Å². The molecule has 0 unspecified atom stereocenters. The molecule has 124 valence electrons. The monoisotopic (exact) mass is 346 g/mol. The Labute approximate surface area is 150 Å². The Morgan fingerprint density at radius 1 is 1.00 bits per heavy atom. The lowest BCUT2D eigenvalue weighted by Crippen LogP contribution is -1.92. The molecule has 2 aromatic carbocycles. The number of benzene rings is 2. The number of nitrogens with one attached hydrogen (secondary N) is 1. The second-order valence-electron chi connectivity index (χ2n) is 6.06. The third-order valence-corrected chi connectivity index (χ3v) is 4.70. The summed E-state index contributed by atoms with van der Waals surface area (Å²) in [6.07, 6.45) is 5.51. The minimum atomic E-state index is 0.902. The topological polar surface area (TPSA) is 42.7 Å². The summed E-state index contributed by atoms with van der Waals surface area (Å²) in [6, 6.07) is 14.8. The predicted octanol–water partition coefficient (Wildman–Crippen LogP) is 5.36.